The summed E-state index contributed by atoms with van der Waals surface area (Å²) in [6.07, 6.45) is 3.68. The van der Waals surface area contributed by atoms with Gasteiger partial charge in [-0.15, -0.1) is 0 Å². The number of ether oxygens (including phenoxy) is 1. The number of fused-ring (bicyclic) bond motifs is 3. The number of hydrogen-bond donors (Lipinski definition) is 2. The molecule has 250 valence electrons. The van der Waals surface area contributed by atoms with Crippen molar-refractivity contribution in [3.63, 3.8) is 0 Å². The van der Waals surface area contributed by atoms with Crippen molar-refractivity contribution in [1.29, 1.82) is 0 Å². The number of aromatic nitrogens is 3. The number of amides is 3. The second-order valence-corrected chi connectivity index (χ2v) is 14.1. The fourth-order valence-corrected chi connectivity index (χ4v) is 7.21. The fraction of sp³-hybridized carbons (Fsp3) is 0.343. The summed E-state index contributed by atoms with van der Waals surface area (Å²) in [5, 5.41) is 15.8. The summed E-state index contributed by atoms with van der Waals surface area (Å²) in [6.45, 7) is 6.91. The molecule has 1 aliphatic carbocycles. The van der Waals surface area contributed by atoms with E-state index in [0.717, 1.165) is 16.7 Å². The van der Waals surface area contributed by atoms with E-state index in [9.17, 15) is 19.5 Å². The van der Waals surface area contributed by atoms with Crippen LogP contribution in [0, 0.1) is 5.41 Å². The van der Waals surface area contributed by atoms with Crippen LogP contribution in [-0.2, 0) is 12.8 Å². The highest BCUT2D eigenvalue weighted by atomic mass is 35.5. The molecule has 11 nitrogen and oxygen atoms in total. The number of carboxylic acid groups (broad SMARTS) is 1. The molecule has 48 heavy (non-hydrogen) atoms. The minimum atomic E-state index is -0.997. The largest absolute Gasteiger partial charge is 0.496 e. The van der Waals surface area contributed by atoms with E-state index in [1.807, 2.05) is 32.9 Å². The van der Waals surface area contributed by atoms with Gasteiger partial charge in [-0.2, -0.15) is 5.10 Å². The highest BCUT2D eigenvalue weighted by Crippen LogP contribution is 2.43. The Morgan fingerprint density at radius 1 is 0.979 bits per heavy atom. The molecule has 13 heteroatoms. The predicted octanol–water partition coefficient (Wildman–Crippen LogP) is 6.35. The average molecular weight is 692 g/mol. The standard InChI is InChI=1S/C35H36Cl2N6O5/c1-35(2,3)29-18-41(8-5-9-42(29)34(46)47)33(45)30-25-7-6-19-11-28(48-4)26(20-10-21(32(38)44)17-39-16-20)15-27(19)31(25)43(40-30)24-13-22(36)12-23(37)14-24/h10-17,29H,5-9,18H2,1-4H3,(H2,38,44)(H,46,47). The maximum Gasteiger partial charge on any atom is 0.407 e. The van der Waals surface area contributed by atoms with E-state index in [0.29, 0.717) is 70.7 Å². The van der Waals surface area contributed by atoms with Crippen molar-refractivity contribution in [1.82, 2.24) is 24.6 Å². The number of carbonyl (C=O) groups excluding carboxylic acids is 2. The highest BCUT2D eigenvalue weighted by molar-refractivity contribution is 6.34. The number of halogens is 2. The molecule has 3 heterocycles. The lowest BCUT2D eigenvalue weighted by Gasteiger charge is -2.38. The van der Waals surface area contributed by atoms with E-state index < -0.39 is 23.5 Å². The van der Waals surface area contributed by atoms with Gasteiger partial charge in [0.2, 0.25) is 5.91 Å². The van der Waals surface area contributed by atoms with Crippen LogP contribution in [0.15, 0.2) is 48.8 Å². The lowest BCUT2D eigenvalue weighted by atomic mass is 9.85. The minimum Gasteiger partial charge on any atom is -0.496 e. The van der Waals surface area contributed by atoms with Crippen LogP contribution in [0.1, 0.15) is 59.2 Å². The van der Waals surface area contributed by atoms with Gasteiger partial charge in [-0.25, -0.2) is 9.48 Å². The Labute approximate surface area is 288 Å². The first-order valence-corrected chi connectivity index (χ1v) is 16.4. The van der Waals surface area contributed by atoms with Crippen molar-refractivity contribution < 1.29 is 24.2 Å². The molecule has 4 aromatic rings. The second-order valence-electron chi connectivity index (χ2n) is 13.2. The Kier molecular flexibility index (Phi) is 8.86. The molecule has 1 aliphatic heterocycles. The van der Waals surface area contributed by atoms with Crippen LogP contribution < -0.4 is 10.5 Å². The van der Waals surface area contributed by atoms with Gasteiger partial charge in [0.05, 0.1) is 30.1 Å². The van der Waals surface area contributed by atoms with E-state index in [4.69, 9.17) is 38.8 Å². The van der Waals surface area contributed by atoms with E-state index in [-0.39, 0.29) is 23.7 Å². The third kappa shape index (κ3) is 6.20. The van der Waals surface area contributed by atoms with E-state index in [1.54, 1.807) is 47.2 Å². The smallest absolute Gasteiger partial charge is 0.407 e. The molecule has 6 rings (SSSR count). The number of primary amides is 1. The molecule has 2 aromatic carbocycles. The topological polar surface area (TPSA) is 144 Å². The van der Waals surface area contributed by atoms with Crippen LogP contribution >= 0.6 is 23.2 Å². The Hall–Kier alpha value is -4.61. The maximum absolute atomic E-state index is 14.5. The summed E-state index contributed by atoms with van der Waals surface area (Å²) in [5.74, 6) is -0.277. The predicted molar refractivity (Wildman–Crippen MR) is 183 cm³/mol. The maximum atomic E-state index is 14.5. The van der Waals surface area contributed by atoms with Gasteiger partial charge < -0.3 is 25.4 Å². The number of nitrogens with two attached hydrogens (primary N) is 1. The zero-order valence-electron chi connectivity index (χ0n) is 27.1. The highest BCUT2D eigenvalue weighted by Gasteiger charge is 2.39. The van der Waals surface area contributed by atoms with Crippen LogP contribution in [0.4, 0.5) is 4.79 Å². The lowest BCUT2D eigenvalue weighted by molar-refractivity contribution is 0.0593. The molecule has 0 radical (unpaired) electrons. The average Bonchev–Trinajstić information content (AvgIpc) is 3.27. The van der Waals surface area contributed by atoms with Crippen molar-refractivity contribution in [2.75, 3.05) is 26.7 Å². The molecule has 1 fully saturated rings. The Morgan fingerprint density at radius 3 is 2.35 bits per heavy atom. The Balaban J connectivity index is 1.53. The lowest BCUT2D eigenvalue weighted by Crippen LogP contribution is -2.51. The minimum absolute atomic E-state index is 0.237. The number of pyridine rings is 1. The summed E-state index contributed by atoms with van der Waals surface area (Å²) in [4.78, 5) is 46.1. The number of aryl methyl sites for hydroxylation is 1. The van der Waals surface area contributed by atoms with E-state index >= 15 is 0 Å². The number of rotatable bonds is 5. The van der Waals surface area contributed by atoms with Gasteiger partial charge in [-0.3, -0.25) is 14.6 Å². The molecule has 1 atom stereocenters. The zero-order valence-corrected chi connectivity index (χ0v) is 28.6. The monoisotopic (exact) mass is 690 g/mol. The van der Waals surface area contributed by atoms with Crippen LogP contribution in [0.3, 0.4) is 0 Å². The number of nitrogens with zero attached hydrogens (tertiary/aromatic N) is 5. The fourth-order valence-electron chi connectivity index (χ4n) is 6.70. The number of hydrogen-bond acceptors (Lipinski definition) is 6. The molecule has 3 N–H and O–H groups in total. The van der Waals surface area contributed by atoms with Crippen molar-refractivity contribution >= 4 is 41.1 Å². The van der Waals surface area contributed by atoms with Gasteiger partial charge in [0.25, 0.3) is 5.91 Å². The summed E-state index contributed by atoms with van der Waals surface area (Å²) in [6, 6.07) is 10.3. The van der Waals surface area contributed by atoms with Crippen molar-refractivity contribution in [3.05, 3.63) is 81.2 Å². The molecule has 0 saturated carbocycles. The molecule has 0 spiro atoms. The van der Waals surface area contributed by atoms with Crippen LogP contribution in [0.5, 0.6) is 5.75 Å². The number of benzene rings is 2. The third-order valence-corrected chi connectivity index (χ3v) is 9.50. The van der Waals surface area contributed by atoms with Gasteiger partial charge in [-0.1, -0.05) is 44.0 Å². The summed E-state index contributed by atoms with van der Waals surface area (Å²) >= 11 is 12.9. The molecule has 1 unspecified atom stereocenters. The molecular weight excluding hydrogens is 655 g/mol. The van der Waals surface area contributed by atoms with Gasteiger partial charge >= 0.3 is 6.09 Å². The van der Waals surface area contributed by atoms with Gasteiger partial charge in [0.15, 0.2) is 5.69 Å². The molecular formula is C35H36Cl2N6O5. The molecule has 0 bridgehead atoms. The zero-order chi connectivity index (χ0) is 34.5. The van der Waals surface area contributed by atoms with E-state index in [2.05, 4.69) is 4.98 Å². The Bertz CT molecular complexity index is 1930. The van der Waals surface area contributed by atoms with Crippen molar-refractivity contribution in [2.24, 2.45) is 11.1 Å². The third-order valence-electron chi connectivity index (χ3n) is 9.07. The molecule has 3 amide bonds. The van der Waals surface area contributed by atoms with Crippen molar-refractivity contribution in [2.45, 2.75) is 46.1 Å². The first kappa shape index (κ1) is 33.3. The van der Waals surface area contributed by atoms with Crippen LogP contribution in [0.2, 0.25) is 10.0 Å². The Morgan fingerprint density at radius 2 is 1.71 bits per heavy atom. The molecule has 1 saturated heterocycles. The van der Waals surface area contributed by atoms with Crippen molar-refractivity contribution in [3.8, 4) is 33.8 Å². The first-order chi connectivity index (χ1) is 22.8. The first-order valence-electron chi connectivity index (χ1n) is 15.6. The number of methoxy groups -OCH3 is 1. The van der Waals surface area contributed by atoms with Crippen LogP contribution in [0.25, 0.3) is 28.1 Å². The second kappa shape index (κ2) is 12.8. The van der Waals surface area contributed by atoms with Gasteiger partial charge in [-0.05, 0) is 66.6 Å². The van der Waals surface area contributed by atoms with E-state index in [1.165, 1.54) is 11.1 Å². The summed E-state index contributed by atoms with van der Waals surface area (Å²) < 4.78 is 7.49. The quantitative estimate of drug-likeness (QED) is 0.248. The van der Waals surface area contributed by atoms with Gasteiger partial charge in [0, 0.05) is 64.3 Å². The molecule has 2 aliphatic rings. The normalized spacial score (nSPS) is 16.2. The van der Waals surface area contributed by atoms with Crippen LogP contribution in [-0.4, -0.2) is 80.4 Å². The number of carbonyl (C=O) groups is 3. The summed E-state index contributed by atoms with van der Waals surface area (Å²) in [5.41, 5.74) is 10.8. The SMILES string of the molecule is COc1cc2c(cc1-c1cncc(C(N)=O)c1)-c1c(c(C(=O)N3CCCN(C(=O)O)C(C(C)(C)C)C3)nn1-c1cc(Cl)cc(Cl)c1)CC2. The molecule has 2 aromatic heterocycles. The van der Waals surface area contributed by atoms with Gasteiger partial charge in [0.1, 0.15) is 5.75 Å². The summed E-state index contributed by atoms with van der Waals surface area (Å²) in [7, 11) is 1.58.